The van der Waals surface area contributed by atoms with E-state index in [9.17, 15) is 9.59 Å². The Morgan fingerprint density at radius 2 is 1.23 bits per heavy atom. The van der Waals surface area contributed by atoms with Crippen LogP contribution in [0.15, 0.2) is 84.4 Å². The molecule has 0 spiro atoms. The SMILES string of the molecule is O=C(Nc1ccccc1)C(=Cc1ccc2c(c1)OCCO2)C(=O)Nc1ccccc1. The molecule has 2 amide bonds. The highest BCUT2D eigenvalue weighted by Crippen LogP contribution is 2.31. The number of ether oxygens (including phenoxy) is 2. The van der Waals surface area contributed by atoms with Gasteiger partial charge in [-0.1, -0.05) is 42.5 Å². The third-order valence-corrected chi connectivity index (χ3v) is 4.43. The molecule has 30 heavy (non-hydrogen) atoms. The minimum Gasteiger partial charge on any atom is -0.486 e. The number of para-hydroxylation sites is 2. The molecule has 6 heteroatoms. The summed E-state index contributed by atoms with van der Waals surface area (Å²) in [6, 6.07) is 23.3. The van der Waals surface area contributed by atoms with Gasteiger partial charge in [0.1, 0.15) is 18.8 Å². The Morgan fingerprint density at radius 3 is 1.80 bits per heavy atom. The molecule has 3 aromatic rings. The van der Waals surface area contributed by atoms with Crippen LogP contribution in [0.1, 0.15) is 5.56 Å². The number of benzene rings is 3. The molecule has 150 valence electrons. The van der Waals surface area contributed by atoms with Gasteiger partial charge in [-0.05, 0) is 48.0 Å². The predicted octanol–water partition coefficient (Wildman–Crippen LogP) is 4.12. The van der Waals surface area contributed by atoms with Crippen LogP contribution in [0.25, 0.3) is 6.08 Å². The van der Waals surface area contributed by atoms with Gasteiger partial charge in [0.05, 0.1) is 0 Å². The summed E-state index contributed by atoms with van der Waals surface area (Å²) < 4.78 is 11.1. The van der Waals surface area contributed by atoms with Gasteiger partial charge in [-0.25, -0.2) is 0 Å². The molecular weight excluding hydrogens is 380 g/mol. The molecule has 0 unspecified atom stereocenters. The molecule has 0 aromatic heterocycles. The van der Waals surface area contributed by atoms with Crippen LogP contribution in [-0.4, -0.2) is 25.0 Å². The van der Waals surface area contributed by atoms with Gasteiger partial charge in [0, 0.05) is 11.4 Å². The molecule has 0 saturated carbocycles. The van der Waals surface area contributed by atoms with E-state index in [4.69, 9.17) is 9.47 Å². The van der Waals surface area contributed by atoms with Crippen LogP contribution < -0.4 is 20.1 Å². The van der Waals surface area contributed by atoms with Crippen LogP contribution in [0.3, 0.4) is 0 Å². The number of nitrogens with one attached hydrogen (secondary N) is 2. The quantitative estimate of drug-likeness (QED) is 0.384. The Labute approximate surface area is 174 Å². The van der Waals surface area contributed by atoms with Gasteiger partial charge in [0.2, 0.25) is 0 Å². The van der Waals surface area contributed by atoms with Crippen molar-refractivity contribution in [3.05, 3.63) is 90.0 Å². The molecule has 0 bridgehead atoms. The van der Waals surface area contributed by atoms with E-state index in [1.54, 1.807) is 42.5 Å². The monoisotopic (exact) mass is 400 g/mol. The van der Waals surface area contributed by atoms with Crippen LogP contribution in [0, 0.1) is 0 Å². The standard InChI is InChI=1S/C24H20N2O4/c27-23(25-18-7-3-1-4-8-18)20(24(28)26-19-9-5-2-6-10-19)15-17-11-12-21-22(16-17)30-14-13-29-21/h1-12,15-16H,13-14H2,(H,25,27)(H,26,28). The lowest BCUT2D eigenvalue weighted by atomic mass is 10.1. The second kappa shape index (κ2) is 8.96. The molecule has 2 N–H and O–H groups in total. The Balaban J connectivity index is 1.64. The summed E-state index contributed by atoms with van der Waals surface area (Å²) in [6.07, 6.45) is 1.54. The first-order valence-corrected chi connectivity index (χ1v) is 9.53. The molecule has 0 atom stereocenters. The van der Waals surface area contributed by atoms with E-state index < -0.39 is 11.8 Å². The Hall–Kier alpha value is -4.06. The molecule has 0 radical (unpaired) electrons. The zero-order valence-corrected chi connectivity index (χ0v) is 16.1. The van der Waals surface area contributed by atoms with Gasteiger partial charge >= 0.3 is 0 Å². The average molecular weight is 400 g/mol. The normalized spacial score (nSPS) is 11.9. The summed E-state index contributed by atoms with van der Waals surface area (Å²) in [5, 5.41) is 5.53. The van der Waals surface area contributed by atoms with E-state index >= 15 is 0 Å². The third-order valence-electron chi connectivity index (χ3n) is 4.43. The topological polar surface area (TPSA) is 76.7 Å². The number of rotatable bonds is 5. The van der Waals surface area contributed by atoms with Crippen LogP contribution in [-0.2, 0) is 9.59 Å². The summed E-state index contributed by atoms with van der Waals surface area (Å²) in [4.78, 5) is 25.9. The maximum atomic E-state index is 12.9. The zero-order chi connectivity index (χ0) is 20.8. The lowest BCUT2D eigenvalue weighted by Gasteiger charge is -2.18. The van der Waals surface area contributed by atoms with Crippen molar-refractivity contribution in [2.24, 2.45) is 0 Å². The lowest BCUT2D eigenvalue weighted by Crippen LogP contribution is -2.25. The number of hydrogen-bond acceptors (Lipinski definition) is 4. The largest absolute Gasteiger partial charge is 0.486 e. The highest BCUT2D eigenvalue weighted by atomic mass is 16.6. The smallest absolute Gasteiger partial charge is 0.261 e. The van der Waals surface area contributed by atoms with Crippen LogP contribution in [0.4, 0.5) is 11.4 Å². The first-order chi connectivity index (χ1) is 14.7. The maximum Gasteiger partial charge on any atom is 0.261 e. The number of carbonyl (C=O) groups excluding carboxylic acids is 2. The van der Waals surface area contributed by atoms with Crippen molar-refractivity contribution in [3.63, 3.8) is 0 Å². The fraction of sp³-hybridized carbons (Fsp3) is 0.0833. The van der Waals surface area contributed by atoms with E-state index in [1.165, 1.54) is 6.08 Å². The molecule has 1 heterocycles. The molecule has 0 fully saturated rings. The Kier molecular flexibility index (Phi) is 5.75. The van der Waals surface area contributed by atoms with Crippen molar-refractivity contribution >= 4 is 29.3 Å². The first kappa shape index (κ1) is 19.3. The van der Waals surface area contributed by atoms with Crippen LogP contribution in [0.2, 0.25) is 0 Å². The van der Waals surface area contributed by atoms with Gasteiger partial charge in [-0.2, -0.15) is 0 Å². The molecule has 1 aliphatic rings. The van der Waals surface area contributed by atoms with Crippen LogP contribution >= 0.6 is 0 Å². The second-order valence-corrected chi connectivity index (χ2v) is 6.60. The van der Waals surface area contributed by atoms with Gasteiger partial charge in [0.25, 0.3) is 11.8 Å². The van der Waals surface area contributed by atoms with Gasteiger partial charge in [-0.3, -0.25) is 9.59 Å². The van der Waals surface area contributed by atoms with Crippen molar-refractivity contribution in [2.45, 2.75) is 0 Å². The number of amides is 2. The average Bonchev–Trinajstić information content (AvgIpc) is 2.78. The summed E-state index contributed by atoms with van der Waals surface area (Å²) in [5.74, 6) is 0.206. The summed E-state index contributed by atoms with van der Waals surface area (Å²) in [6.45, 7) is 0.947. The number of anilines is 2. The van der Waals surface area contributed by atoms with Crippen molar-refractivity contribution < 1.29 is 19.1 Å². The van der Waals surface area contributed by atoms with Gasteiger partial charge in [0.15, 0.2) is 11.5 Å². The molecule has 4 rings (SSSR count). The van der Waals surface area contributed by atoms with Crippen molar-refractivity contribution in [1.29, 1.82) is 0 Å². The highest BCUT2D eigenvalue weighted by Gasteiger charge is 2.20. The molecule has 1 aliphatic heterocycles. The molecular formula is C24H20N2O4. The number of carbonyl (C=O) groups is 2. The molecule has 3 aromatic carbocycles. The summed E-state index contributed by atoms with van der Waals surface area (Å²) >= 11 is 0. The molecule has 0 aliphatic carbocycles. The lowest BCUT2D eigenvalue weighted by molar-refractivity contribution is -0.118. The second-order valence-electron chi connectivity index (χ2n) is 6.60. The minimum atomic E-state index is -0.510. The van der Waals surface area contributed by atoms with E-state index in [1.807, 2.05) is 36.4 Å². The zero-order valence-electron chi connectivity index (χ0n) is 16.1. The van der Waals surface area contributed by atoms with E-state index in [2.05, 4.69) is 10.6 Å². The number of hydrogen-bond donors (Lipinski definition) is 2. The van der Waals surface area contributed by atoms with Crippen LogP contribution in [0.5, 0.6) is 11.5 Å². The van der Waals surface area contributed by atoms with Gasteiger partial charge < -0.3 is 20.1 Å². The molecule has 6 nitrogen and oxygen atoms in total. The third kappa shape index (κ3) is 4.67. The van der Waals surface area contributed by atoms with Crippen molar-refractivity contribution in [1.82, 2.24) is 0 Å². The van der Waals surface area contributed by atoms with Crippen molar-refractivity contribution in [2.75, 3.05) is 23.8 Å². The predicted molar refractivity (Wildman–Crippen MR) is 116 cm³/mol. The minimum absolute atomic E-state index is 0.0283. The van der Waals surface area contributed by atoms with Crippen molar-refractivity contribution in [3.8, 4) is 11.5 Å². The van der Waals surface area contributed by atoms with E-state index in [0.717, 1.165) is 0 Å². The fourth-order valence-corrected chi connectivity index (χ4v) is 2.99. The Morgan fingerprint density at radius 1 is 0.700 bits per heavy atom. The number of fused-ring (bicyclic) bond motifs is 1. The summed E-state index contributed by atoms with van der Waals surface area (Å²) in [5.41, 5.74) is 1.83. The highest BCUT2D eigenvalue weighted by molar-refractivity contribution is 6.28. The Bertz CT molecular complexity index is 1020. The first-order valence-electron chi connectivity index (χ1n) is 9.53. The van der Waals surface area contributed by atoms with Gasteiger partial charge in [-0.15, -0.1) is 0 Å². The molecule has 0 saturated heterocycles. The maximum absolute atomic E-state index is 12.9. The fourth-order valence-electron chi connectivity index (χ4n) is 2.99. The van der Waals surface area contributed by atoms with E-state index in [0.29, 0.717) is 41.7 Å². The van der Waals surface area contributed by atoms with E-state index in [-0.39, 0.29) is 5.57 Å². The summed E-state index contributed by atoms with van der Waals surface area (Å²) in [7, 11) is 0.